The number of nitriles is 1. The highest BCUT2D eigenvalue weighted by molar-refractivity contribution is 8.13. The first kappa shape index (κ1) is 10.3. The van der Waals surface area contributed by atoms with E-state index in [0.29, 0.717) is 18.3 Å². The minimum Gasteiger partial charge on any atom is -0.383 e. The van der Waals surface area contributed by atoms with Gasteiger partial charge in [-0.2, -0.15) is 5.26 Å². The van der Waals surface area contributed by atoms with Crippen molar-refractivity contribution in [1.82, 2.24) is 5.32 Å². The molecule has 0 fully saturated rings. The van der Waals surface area contributed by atoms with Crippen LogP contribution in [0.2, 0.25) is 0 Å². The average Bonchev–Trinajstić information content (AvgIpc) is 2.03. The van der Waals surface area contributed by atoms with E-state index in [4.69, 9.17) is 10.00 Å². The van der Waals surface area contributed by atoms with Gasteiger partial charge in [0.1, 0.15) is 0 Å². The third kappa shape index (κ3) is 5.70. The van der Waals surface area contributed by atoms with Crippen molar-refractivity contribution in [2.24, 2.45) is 4.99 Å². The van der Waals surface area contributed by atoms with Crippen LogP contribution in [0.4, 0.5) is 0 Å². The molecule has 0 aliphatic heterocycles. The predicted octanol–water partition coefficient (Wildman–Crippen LogP) is 0.422. The average molecular weight is 173 g/mol. The lowest BCUT2D eigenvalue weighted by Crippen LogP contribution is -2.14. The Balaban J connectivity index is 3.63. The van der Waals surface area contributed by atoms with Crippen LogP contribution in [0.15, 0.2) is 4.99 Å². The van der Waals surface area contributed by atoms with E-state index in [2.05, 4.69) is 10.3 Å². The van der Waals surface area contributed by atoms with Crippen LogP contribution in [0.1, 0.15) is 0 Å². The van der Waals surface area contributed by atoms with Gasteiger partial charge >= 0.3 is 0 Å². The van der Waals surface area contributed by atoms with Gasteiger partial charge in [-0.05, 0) is 6.26 Å². The van der Waals surface area contributed by atoms with Crippen molar-refractivity contribution in [2.45, 2.75) is 0 Å². The topological polar surface area (TPSA) is 57.4 Å². The standard InChI is InChI=1S/C6H11N3OS/c1-10-4-3-8-6(11-2)9-5-7/h3-4H2,1-2H3,(H,8,9). The zero-order chi connectivity index (χ0) is 8.53. The molecule has 0 aliphatic rings. The molecule has 0 unspecified atom stereocenters. The van der Waals surface area contributed by atoms with Crippen molar-refractivity contribution in [3.8, 4) is 6.19 Å². The summed E-state index contributed by atoms with van der Waals surface area (Å²) in [5.41, 5.74) is 0. The number of hydrogen-bond donors (Lipinski definition) is 1. The summed E-state index contributed by atoms with van der Waals surface area (Å²) in [6, 6.07) is 0. The first-order valence-electron chi connectivity index (χ1n) is 3.07. The van der Waals surface area contributed by atoms with E-state index in [-0.39, 0.29) is 0 Å². The summed E-state index contributed by atoms with van der Waals surface area (Å²) >= 11 is 1.41. The zero-order valence-electron chi connectivity index (χ0n) is 6.63. The van der Waals surface area contributed by atoms with E-state index in [1.807, 2.05) is 6.26 Å². The Hall–Kier alpha value is -0.730. The van der Waals surface area contributed by atoms with Crippen LogP contribution in [0, 0.1) is 11.5 Å². The number of nitrogens with one attached hydrogen (secondary N) is 1. The Labute approximate surface area is 70.6 Å². The van der Waals surface area contributed by atoms with Crippen LogP contribution in [0.3, 0.4) is 0 Å². The maximum Gasteiger partial charge on any atom is 0.183 e. The molecule has 0 bridgehead atoms. The molecule has 0 aromatic carbocycles. The highest BCUT2D eigenvalue weighted by Crippen LogP contribution is 1.93. The molecule has 11 heavy (non-hydrogen) atoms. The number of methoxy groups -OCH3 is 1. The molecule has 0 atom stereocenters. The predicted molar refractivity (Wildman–Crippen MR) is 46.4 cm³/mol. The lowest BCUT2D eigenvalue weighted by atomic mass is 10.7. The molecular formula is C6H11N3OS. The van der Waals surface area contributed by atoms with Crippen molar-refractivity contribution in [1.29, 1.82) is 5.26 Å². The highest BCUT2D eigenvalue weighted by atomic mass is 32.2. The summed E-state index contributed by atoms with van der Waals surface area (Å²) < 4.78 is 4.79. The molecule has 4 nitrogen and oxygen atoms in total. The smallest absolute Gasteiger partial charge is 0.183 e. The number of ether oxygens (including phenoxy) is 1. The van der Waals surface area contributed by atoms with Gasteiger partial charge in [0, 0.05) is 7.11 Å². The van der Waals surface area contributed by atoms with Gasteiger partial charge < -0.3 is 4.74 Å². The summed E-state index contributed by atoms with van der Waals surface area (Å²) in [7, 11) is 1.62. The molecule has 0 rings (SSSR count). The van der Waals surface area contributed by atoms with E-state index in [9.17, 15) is 0 Å². The Kier molecular flexibility index (Phi) is 6.89. The molecule has 0 aromatic heterocycles. The number of amidine groups is 1. The Morgan fingerprint density at radius 1 is 1.82 bits per heavy atom. The monoisotopic (exact) mass is 173 g/mol. The summed E-state index contributed by atoms with van der Waals surface area (Å²) in [4.78, 5) is 4.04. The first-order chi connectivity index (χ1) is 5.35. The minimum absolute atomic E-state index is 0.581. The molecule has 0 heterocycles. The van der Waals surface area contributed by atoms with Crippen LogP contribution < -0.4 is 5.32 Å². The molecule has 0 aliphatic carbocycles. The van der Waals surface area contributed by atoms with Crippen molar-refractivity contribution >= 4 is 16.9 Å². The maximum absolute atomic E-state index is 8.24. The summed E-state index contributed by atoms with van der Waals surface area (Å²) in [6.45, 7) is 1.17. The third-order valence-electron chi connectivity index (χ3n) is 0.907. The molecule has 1 N–H and O–H groups in total. The first-order valence-corrected chi connectivity index (χ1v) is 4.30. The van der Waals surface area contributed by atoms with Gasteiger partial charge in [-0.3, -0.25) is 10.3 Å². The van der Waals surface area contributed by atoms with E-state index < -0.39 is 0 Å². The fourth-order valence-electron chi connectivity index (χ4n) is 0.441. The van der Waals surface area contributed by atoms with E-state index >= 15 is 0 Å². The van der Waals surface area contributed by atoms with Crippen molar-refractivity contribution in [3.05, 3.63) is 0 Å². The summed E-state index contributed by atoms with van der Waals surface area (Å²) in [5, 5.41) is 11.3. The molecule has 0 aromatic rings. The zero-order valence-corrected chi connectivity index (χ0v) is 7.44. The number of hydrogen-bond acceptors (Lipinski definition) is 4. The second-order valence-electron chi connectivity index (χ2n) is 1.62. The van der Waals surface area contributed by atoms with Gasteiger partial charge in [0.2, 0.25) is 0 Å². The van der Waals surface area contributed by atoms with E-state index in [1.165, 1.54) is 11.8 Å². The van der Waals surface area contributed by atoms with Gasteiger partial charge in [-0.25, -0.2) is 0 Å². The normalized spacial score (nSPS) is 10.8. The van der Waals surface area contributed by atoms with Gasteiger partial charge in [0.25, 0.3) is 0 Å². The van der Waals surface area contributed by atoms with E-state index in [1.54, 1.807) is 13.3 Å². The SMILES string of the molecule is COCCN=C(NC#N)SC. The maximum atomic E-state index is 8.24. The molecule has 0 radical (unpaired) electrons. The molecule has 62 valence electrons. The fraction of sp³-hybridized carbons (Fsp3) is 0.667. The number of rotatable bonds is 3. The van der Waals surface area contributed by atoms with Crippen molar-refractivity contribution in [3.63, 3.8) is 0 Å². The van der Waals surface area contributed by atoms with Crippen LogP contribution >= 0.6 is 11.8 Å². The number of aliphatic imine (C=N–C) groups is 1. The van der Waals surface area contributed by atoms with Crippen molar-refractivity contribution in [2.75, 3.05) is 26.5 Å². The Morgan fingerprint density at radius 2 is 2.55 bits per heavy atom. The largest absolute Gasteiger partial charge is 0.383 e. The molecule has 0 spiro atoms. The van der Waals surface area contributed by atoms with Crippen LogP contribution in [-0.2, 0) is 4.74 Å². The lowest BCUT2D eigenvalue weighted by molar-refractivity contribution is 0.208. The van der Waals surface area contributed by atoms with Gasteiger partial charge in [-0.1, -0.05) is 11.8 Å². The second kappa shape index (κ2) is 7.38. The minimum atomic E-state index is 0.581. The molecule has 0 saturated heterocycles. The van der Waals surface area contributed by atoms with Crippen LogP contribution in [-0.4, -0.2) is 31.7 Å². The highest BCUT2D eigenvalue weighted by Gasteiger charge is 1.91. The Bertz CT molecular complexity index is 164. The fourth-order valence-corrected chi connectivity index (χ4v) is 0.809. The quantitative estimate of drug-likeness (QED) is 0.221. The van der Waals surface area contributed by atoms with Crippen LogP contribution in [0.25, 0.3) is 0 Å². The number of nitrogens with zero attached hydrogens (tertiary/aromatic N) is 2. The summed E-state index contributed by atoms with van der Waals surface area (Å²) in [5.74, 6) is 0. The molecular weight excluding hydrogens is 162 g/mol. The molecule has 0 amide bonds. The van der Waals surface area contributed by atoms with Gasteiger partial charge in [-0.15, -0.1) is 0 Å². The lowest BCUT2D eigenvalue weighted by Gasteiger charge is -1.98. The number of thioether (sulfide) groups is 1. The van der Waals surface area contributed by atoms with Crippen molar-refractivity contribution < 1.29 is 4.74 Å². The van der Waals surface area contributed by atoms with Gasteiger partial charge in [0.15, 0.2) is 11.4 Å². The Morgan fingerprint density at radius 3 is 3.00 bits per heavy atom. The van der Waals surface area contributed by atoms with Gasteiger partial charge in [0.05, 0.1) is 13.2 Å². The molecule has 5 heteroatoms. The third-order valence-corrected chi connectivity index (χ3v) is 1.52. The van der Waals surface area contributed by atoms with E-state index in [0.717, 1.165) is 0 Å². The summed E-state index contributed by atoms with van der Waals surface area (Å²) in [6.07, 6.45) is 3.66. The second-order valence-corrected chi connectivity index (χ2v) is 2.42. The molecule has 0 saturated carbocycles. The van der Waals surface area contributed by atoms with Crippen LogP contribution in [0.5, 0.6) is 0 Å².